The highest BCUT2D eigenvalue weighted by Gasteiger charge is 2.24. The van der Waals surface area contributed by atoms with E-state index in [-0.39, 0.29) is 0 Å². The van der Waals surface area contributed by atoms with E-state index >= 15 is 0 Å². The van der Waals surface area contributed by atoms with Gasteiger partial charge in [0.1, 0.15) is 0 Å². The average molecular weight is 266 g/mol. The van der Waals surface area contributed by atoms with Crippen LogP contribution in [0.25, 0.3) is 0 Å². The van der Waals surface area contributed by atoms with Gasteiger partial charge in [-0.25, -0.2) is 4.79 Å². The van der Waals surface area contributed by atoms with Crippen molar-refractivity contribution >= 4 is 17.3 Å². The summed E-state index contributed by atoms with van der Waals surface area (Å²) in [6.45, 7) is 7.28. The smallest absolute Gasteiger partial charge is 0.340 e. The zero-order valence-corrected chi connectivity index (χ0v) is 12.1. The lowest BCUT2D eigenvalue weighted by atomic mass is 9.97. The molecule has 1 unspecified atom stereocenters. The Morgan fingerprint density at radius 2 is 2.05 bits per heavy atom. The highest BCUT2D eigenvalue weighted by molar-refractivity contribution is 5.97. The van der Waals surface area contributed by atoms with Crippen LogP contribution in [0.5, 0.6) is 0 Å². The van der Waals surface area contributed by atoms with E-state index in [2.05, 4.69) is 5.32 Å². The van der Waals surface area contributed by atoms with Gasteiger partial charge in [-0.2, -0.15) is 0 Å². The molecule has 1 rings (SSSR count). The number of benzene rings is 1. The first-order chi connectivity index (χ1) is 8.69. The molecule has 1 atom stereocenters. The molecule has 0 aliphatic heterocycles. The van der Waals surface area contributed by atoms with Gasteiger partial charge >= 0.3 is 5.97 Å². The van der Waals surface area contributed by atoms with Crippen molar-refractivity contribution in [2.24, 2.45) is 0 Å². The normalized spacial score (nSPS) is 12.9. The van der Waals surface area contributed by atoms with Gasteiger partial charge in [-0.15, -0.1) is 0 Å². The monoisotopic (exact) mass is 266 g/mol. The molecule has 19 heavy (non-hydrogen) atoms. The van der Waals surface area contributed by atoms with Crippen molar-refractivity contribution in [2.45, 2.75) is 39.3 Å². The summed E-state index contributed by atoms with van der Waals surface area (Å²) in [5, 5.41) is 12.9. The van der Waals surface area contributed by atoms with E-state index in [1.54, 1.807) is 13.0 Å². The van der Waals surface area contributed by atoms with Crippen LogP contribution in [0.3, 0.4) is 0 Å². The van der Waals surface area contributed by atoms with E-state index in [9.17, 15) is 9.90 Å². The third-order valence-electron chi connectivity index (χ3n) is 3.30. The molecule has 0 radical (unpaired) electrons. The van der Waals surface area contributed by atoms with Crippen LogP contribution in [0.15, 0.2) is 12.1 Å². The minimum absolute atomic E-state index is 0.325. The zero-order chi connectivity index (χ0) is 14.8. The van der Waals surface area contributed by atoms with E-state index in [0.29, 0.717) is 11.3 Å². The number of aliphatic hydroxyl groups excluding tert-OH is 1. The summed E-state index contributed by atoms with van der Waals surface area (Å²) < 4.78 is 4.71. The van der Waals surface area contributed by atoms with Gasteiger partial charge in [0.05, 0.1) is 24.3 Å². The number of carbonyl (C=O) groups is 1. The summed E-state index contributed by atoms with van der Waals surface area (Å²) >= 11 is 0. The number of aryl methyl sites for hydroxylation is 1. The summed E-state index contributed by atoms with van der Waals surface area (Å²) in [5.74, 6) is -0.473. The molecular formula is C14H22N2O3. The van der Waals surface area contributed by atoms with Crippen molar-refractivity contribution in [3.63, 3.8) is 0 Å². The summed E-state index contributed by atoms with van der Waals surface area (Å²) in [6, 6.07) is 3.48. The molecule has 0 aliphatic rings. The second kappa shape index (κ2) is 5.48. The number of methoxy groups -OCH3 is 1. The van der Waals surface area contributed by atoms with Crippen LogP contribution in [-0.2, 0) is 4.74 Å². The first-order valence-electron chi connectivity index (χ1n) is 6.13. The van der Waals surface area contributed by atoms with Crippen molar-refractivity contribution in [2.75, 3.05) is 18.2 Å². The van der Waals surface area contributed by atoms with Crippen molar-refractivity contribution in [3.05, 3.63) is 23.3 Å². The lowest BCUT2D eigenvalue weighted by molar-refractivity contribution is 0.0602. The first-order valence-corrected chi connectivity index (χ1v) is 6.13. The molecule has 0 spiro atoms. The molecule has 1 aromatic rings. The molecule has 0 saturated heterocycles. The average Bonchev–Trinajstić information content (AvgIpc) is 2.31. The molecule has 0 amide bonds. The van der Waals surface area contributed by atoms with E-state index in [0.717, 1.165) is 11.3 Å². The Morgan fingerprint density at radius 1 is 1.47 bits per heavy atom. The molecule has 5 heteroatoms. The Morgan fingerprint density at radius 3 is 2.53 bits per heavy atom. The predicted octanol–water partition coefficient (Wildman–Crippen LogP) is 1.94. The number of esters is 1. The lowest BCUT2D eigenvalue weighted by Gasteiger charge is -2.31. The summed E-state index contributed by atoms with van der Waals surface area (Å²) in [7, 11) is 1.32. The second-order valence-electron chi connectivity index (χ2n) is 5.27. The van der Waals surface area contributed by atoms with Gasteiger partial charge in [0.15, 0.2) is 0 Å². The van der Waals surface area contributed by atoms with E-state index in [1.165, 1.54) is 7.11 Å². The minimum atomic E-state index is -0.549. The zero-order valence-electron chi connectivity index (χ0n) is 12.1. The topological polar surface area (TPSA) is 84.6 Å². The highest BCUT2D eigenvalue weighted by Crippen LogP contribution is 2.26. The SMILES string of the molecule is COC(=O)c1cc(NC(C)(C)C(C)O)cc(C)c1N. The van der Waals surface area contributed by atoms with Gasteiger partial charge in [0.2, 0.25) is 0 Å². The number of aliphatic hydroxyl groups is 1. The molecule has 1 aromatic carbocycles. The van der Waals surface area contributed by atoms with Crippen molar-refractivity contribution in [1.82, 2.24) is 0 Å². The van der Waals surface area contributed by atoms with Gasteiger partial charge in [0.25, 0.3) is 0 Å². The number of rotatable bonds is 4. The van der Waals surface area contributed by atoms with Gasteiger partial charge in [-0.05, 0) is 45.4 Å². The van der Waals surface area contributed by atoms with Crippen LogP contribution < -0.4 is 11.1 Å². The lowest BCUT2D eigenvalue weighted by Crippen LogP contribution is -2.41. The van der Waals surface area contributed by atoms with Gasteiger partial charge in [0, 0.05) is 11.4 Å². The molecule has 0 fully saturated rings. The number of carbonyl (C=O) groups excluding carboxylic acids is 1. The van der Waals surface area contributed by atoms with Gasteiger partial charge in [-0.3, -0.25) is 0 Å². The van der Waals surface area contributed by atoms with E-state index in [4.69, 9.17) is 10.5 Å². The molecule has 0 heterocycles. The first kappa shape index (κ1) is 15.3. The van der Waals surface area contributed by atoms with Crippen LogP contribution in [-0.4, -0.2) is 29.8 Å². The fourth-order valence-electron chi connectivity index (χ4n) is 1.63. The molecule has 106 valence electrons. The fourth-order valence-corrected chi connectivity index (χ4v) is 1.63. The molecule has 0 aliphatic carbocycles. The summed E-state index contributed by atoms with van der Waals surface area (Å²) in [5.41, 5.74) is 7.59. The molecule has 0 saturated carbocycles. The summed E-state index contributed by atoms with van der Waals surface area (Å²) in [6.07, 6.45) is -0.549. The van der Waals surface area contributed by atoms with Crippen LogP contribution in [0, 0.1) is 6.92 Å². The Balaban J connectivity index is 3.18. The number of anilines is 2. The Hall–Kier alpha value is -1.75. The highest BCUT2D eigenvalue weighted by atomic mass is 16.5. The van der Waals surface area contributed by atoms with Crippen molar-refractivity contribution in [1.29, 1.82) is 0 Å². The third-order valence-corrected chi connectivity index (χ3v) is 3.30. The minimum Gasteiger partial charge on any atom is -0.465 e. The van der Waals surface area contributed by atoms with E-state index in [1.807, 2.05) is 26.8 Å². The Bertz CT molecular complexity index is 482. The third kappa shape index (κ3) is 3.38. The number of nitrogens with one attached hydrogen (secondary N) is 1. The van der Waals surface area contributed by atoms with Gasteiger partial charge < -0.3 is 20.9 Å². The molecule has 4 N–H and O–H groups in total. The van der Waals surface area contributed by atoms with Crippen molar-refractivity contribution < 1.29 is 14.6 Å². The molecular weight excluding hydrogens is 244 g/mol. The van der Waals surface area contributed by atoms with Crippen LogP contribution >= 0.6 is 0 Å². The number of hydrogen-bond donors (Lipinski definition) is 3. The maximum Gasteiger partial charge on any atom is 0.340 e. The Labute approximate surface area is 113 Å². The molecule has 0 aromatic heterocycles. The summed E-state index contributed by atoms with van der Waals surface area (Å²) in [4.78, 5) is 11.7. The quantitative estimate of drug-likeness (QED) is 0.573. The number of ether oxygens (including phenoxy) is 1. The van der Waals surface area contributed by atoms with Crippen LogP contribution in [0.4, 0.5) is 11.4 Å². The number of hydrogen-bond acceptors (Lipinski definition) is 5. The molecule has 0 bridgehead atoms. The maximum atomic E-state index is 11.7. The number of nitrogens with two attached hydrogens (primary N) is 1. The second-order valence-corrected chi connectivity index (χ2v) is 5.27. The van der Waals surface area contributed by atoms with Crippen molar-refractivity contribution in [3.8, 4) is 0 Å². The van der Waals surface area contributed by atoms with Crippen LogP contribution in [0.2, 0.25) is 0 Å². The maximum absolute atomic E-state index is 11.7. The van der Waals surface area contributed by atoms with E-state index < -0.39 is 17.6 Å². The number of nitrogen functional groups attached to an aromatic ring is 1. The Kier molecular flexibility index (Phi) is 4.42. The predicted molar refractivity (Wildman–Crippen MR) is 76.3 cm³/mol. The standard InChI is InChI=1S/C14H22N2O3/c1-8-6-10(16-14(3,4)9(2)17)7-11(12(8)15)13(18)19-5/h6-7,9,16-17H,15H2,1-5H3. The fraction of sp³-hybridized carbons (Fsp3) is 0.500. The molecule has 5 nitrogen and oxygen atoms in total. The largest absolute Gasteiger partial charge is 0.465 e. The van der Waals surface area contributed by atoms with Gasteiger partial charge in [-0.1, -0.05) is 0 Å². The van der Waals surface area contributed by atoms with Crippen LogP contribution in [0.1, 0.15) is 36.7 Å².